The lowest BCUT2D eigenvalue weighted by Gasteiger charge is -2.20. The molecule has 4 heteroatoms. The summed E-state index contributed by atoms with van der Waals surface area (Å²) in [5, 5.41) is 0. The summed E-state index contributed by atoms with van der Waals surface area (Å²) in [5.74, 6) is 0.972. The van der Waals surface area contributed by atoms with Gasteiger partial charge < -0.3 is 9.47 Å². The van der Waals surface area contributed by atoms with Gasteiger partial charge in [0.2, 0.25) is 0 Å². The molecule has 3 rings (SSSR count). The average molecular weight is 306 g/mol. The lowest BCUT2D eigenvalue weighted by Crippen LogP contribution is -2.16. The van der Waals surface area contributed by atoms with E-state index in [2.05, 4.69) is 64.7 Å². The predicted octanol–water partition coefficient (Wildman–Crippen LogP) is 3.62. The maximum atomic E-state index is 4.52. The van der Waals surface area contributed by atoms with Gasteiger partial charge in [0.05, 0.1) is 12.2 Å². The van der Waals surface area contributed by atoms with Gasteiger partial charge in [0.15, 0.2) is 0 Å². The molecule has 0 amide bonds. The molecule has 0 aliphatic heterocycles. The van der Waals surface area contributed by atoms with Crippen LogP contribution >= 0.6 is 0 Å². The first-order valence-electron chi connectivity index (χ1n) is 7.83. The third-order valence-corrected chi connectivity index (χ3v) is 4.20. The Bertz CT molecular complexity index is 745. The number of nitrogens with zero attached hydrogens (tertiary/aromatic N) is 4. The van der Waals surface area contributed by atoms with Crippen LogP contribution in [0.5, 0.6) is 0 Å². The fraction of sp³-hybridized carbons (Fsp3) is 0.263. The minimum absolute atomic E-state index is 0.400. The Morgan fingerprint density at radius 1 is 1.00 bits per heavy atom. The van der Waals surface area contributed by atoms with E-state index in [1.807, 2.05) is 36.8 Å². The van der Waals surface area contributed by atoms with Crippen molar-refractivity contribution in [1.82, 2.24) is 19.4 Å². The molecular weight excluding hydrogens is 284 g/mol. The summed E-state index contributed by atoms with van der Waals surface area (Å²) < 4.78 is 2.13. The average Bonchev–Trinajstić information content (AvgIpc) is 3.03. The molecule has 0 aliphatic carbocycles. The van der Waals surface area contributed by atoms with E-state index < -0.39 is 0 Å². The Balaban J connectivity index is 1.84. The minimum Gasteiger partial charge on any atom is -0.325 e. The molecule has 2 heterocycles. The number of imidazole rings is 1. The molecule has 0 spiro atoms. The number of rotatable bonds is 5. The first kappa shape index (κ1) is 15.4. The van der Waals surface area contributed by atoms with Crippen LogP contribution in [0, 0.1) is 0 Å². The van der Waals surface area contributed by atoms with Crippen LogP contribution in [0.15, 0.2) is 61.1 Å². The van der Waals surface area contributed by atoms with E-state index in [0.29, 0.717) is 6.04 Å². The summed E-state index contributed by atoms with van der Waals surface area (Å²) in [6.07, 6.45) is 5.67. The second-order valence-corrected chi connectivity index (χ2v) is 5.96. The maximum Gasteiger partial charge on any atom is 0.140 e. The van der Waals surface area contributed by atoms with Crippen molar-refractivity contribution in [2.45, 2.75) is 19.5 Å². The predicted molar refractivity (Wildman–Crippen MR) is 93.1 cm³/mol. The molecule has 0 fully saturated rings. The lowest BCUT2D eigenvalue weighted by molar-refractivity contribution is 0.321. The summed E-state index contributed by atoms with van der Waals surface area (Å²) in [7, 11) is 4.19. The molecule has 0 saturated carbocycles. The smallest absolute Gasteiger partial charge is 0.140 e. The zero-order chi connectivity index (χ0) is 16.2. The Morgan fingerprint density at radius 3 is 2.43 bits per heavy atom. The SMILES string of the molecule is C[C@H](c1ccc(-c2nccn2Cc2ccccn2)cc1)N(C)C. The topological polar surface area (TPSA) is 34.0 Å². The van der Waals surface area contributed by atoms with Gasteiger partial charge in [0.1, 0.15) is 5.82 Å². The molecule has 1 atom stereocenters. The molecular formula is C19H22N4. The van der Waals surface area contributed by atoms with Gasteiger partial charge in [-0.1, -0.05) is 30.3 Å². The monoisotopic (exact) mass is 306 g/mol. The van der Waals surface area contributed by atoms with Crippen molar-refractivity contribution in [2.24, 2.45) is 0 Å². The fourth-order valence-electron chi connectivity index (χ4n) is 2.57. The van der Waals surface area contributed by atoms with Crippen molar-refractivity contribution in [3.63, 3.8) is 0 Å². The maximum absolute atomic E-state index is 4.52. The molecule has 23 heavy (non-hydrogen) atoms. The van der Waals surface area contributed by atoms with E-state index in [4.69, 9.17) is 0 Å². The molecule has 118 valence electrons. The Morgan fingerprint density at radius 2 is 1.78 bits per heavy atom. The molecule has 0 radical (unpaired) electrons. The van der Waals surface area contributed by atoms with Crippen LogP contribution in [0.3, 0.4) is 0 Å². The Labute approximate surface area is 137 Å². The Kier molecular flexibility index (Phi) is 4.53. The molecule has 2 aromatic heterocycles. The summed E-state index contributed by atoms with van der Waals surface area (Å²) in [6.45, 7) is 2.93. The normalized spacial score (nSPS) is 12.5. The van der Waals surface area contributed by atoms with E-state index in [9.17, 15) is 0 Å². The van der Waals surface area contributed by atoms with Crippen molar-refractivity contribution in [3.05, 3.63) is 72.3 Å². The summed E-state index contributed by atoms with van der Waals surface area (Å²) in [4.78, 5) is 11.1. The number of benzene rings is 1. The standard InChI is InChI=1S/C19H22N4/c1-15(22(2)3)16-7-9-17(10-8-16)19-21-12-13-23(19)14-18-6-4-5-11-20-18/h4-13,15H,14H2,1-3H3/t15-/m1/s1. The molecule has 0 N–H and O–H groups in total. The van der Waals surface area contributed by atoms with Crippen LogP contribution in [0.2, 0.25) is 0 Å². The van der Waals surface area contributed by atoms with E-state index in [0.717, 1.165) is 23.6 Å². The number of pyridine rings is 1. The van der Waals surface area contributed by atoms with Gasteiger partial charge in [0.25, 0.3) is 0 Å². The molecule has 3 aromatic rings. The minimum atomic E-state index is 0.400. The summed E-state index contributed by atoms with van der Waals surface area (Å²) in [6, 6.07) is 15.0. The molecule has 0 saturated heterocycles. The van der Waals surface area contributed by atoms with Crippen LogP contribution in [-0.4, -0.2) is 33.5 Å². The third kappa shape index (κ3) is 3.48. The fourth-order valence-corrected chi connectivity index (χ4v) is 2.57. The van der Waals surface area contributed by atoms with Gasteiger partial charge in [-0.3, -0.25) is 4.98 Å². The van der Waals surface area contributed by atoms with Crippen molar-refractivity contribution in [1.29, 1.82) is 0 Å². The number of hydrogen-bond donors (Lipinski definition) is 0. The van der Waals surface area contributed by atoms with Crippen molar-refractivity contribution >= 4 is 0 Å². The number of hydrogen-bond acceptors (Lipinski definition) is 3. The zero-order valence-corrected chi connectivity index (χ0v) is 13.8. The zero-order valence-electron chi connectivity index (χ0n) is 13.8. The number of aromatic nitrogens is 3. The largest absolute Gasteiger partial charge is 0.325 e. The molecule has 1 aromatic carbocycles. The summed E-state index contributed by atoms with van der Waals surface area (Å²) >= 11 is 0. The highest BCUT2D eigenvalue weighted by Gasteiger charge is 2.10. The van der Waals surface area contributed by atoms with E-state index in [-0.39, 0.29) is 0 Å². The highest BCUT2D eigenvalue weighted by atomic mass is 15.1. The van der Waals surface area contributed by atoms with E-state index in [1.165, 1.54) is 5.56 Å². The van der Waals surface area contributed by atoms with Crippen LogP contribution in [0.4, 0.5) is 0 Å². The van der Waals surface area contributed by atoms with Gasteiger partial charge in [-0.2, -0.15) is 0 Å². The third-order valence-electron chi connectivity index (χ3n) is 4.20. The van der Waals surface area contributed by atoms with E-state index >= 15 is 0 Å². The van der Waals surface area contributed by atoms with Crippen molar-refractivity contribution < 1.29 is 0 Å². The highest BCUT2D eigenvalue weighted by Crippen LogP contribution is 2.23. The first-order valence-corrected chi connectivity index (χ1v) is 7.83. The summed E-state index contributed by atoms with van der Waals surface area (Å²) in [5.41, 5.74) is 3.46. The molecule has 0 aliphatic rings. The molecule has 4 nitrogen and oxygen atoms in total. The van der Waals surface area contributed by atoms with Gasteiger partial charge in [0, 0.05) is 30.2 Å². The highest BCUT2D eigenvalue weighted by molar-refractivity contribution is 5.56. The van der Waals surface area contributed by atoms with E-state index in [1.54, 1.807) is 0 Å². The molecule has 0 bridgehead atoms. The van der Waals surface area contributed by atoms with Gasteiger partial charge in [-0.05, 0) is 38.7 Å². The van der Waals surface area contributed by atoms with Crippen LogP contribution in [0.1, 0.15) is 24.2 Å². The second kappa shape index (κ2) is 6.75. The second-order valence-electron chi connectivity index (χ2n) is 5.96. The van der Waals surface area contributed by atoms with Gasteiger partial charge in [-0.25, -0.2) is 4.98 Å². The van der Waals surface area contributed by atoms with Crippen LogP contribution < -0.4 is 0 Å². The van der Waals surface area contributed by atoms with Crippen molar-refractivity contribution in [2.75, 3.05) is 14.1 Å². The Hall–Kier alpha value is -2.46. The van der Waals surface area contributed by atoms with Crippen molar-refractivity contribution in [3.8, 4) is 11.4 Å². The quantitative estimate of drug-likeness (QED) is 0.722. The van der Waals surface area contributed by atoms with Gasteiger partial charge >= 0.3 is 0 Å². The van der Waals surface area contributed by atoms with Crippen LogP contribution in [-0.2, 0) is 6.54 Å². The lowest BCUT2D eigenvalue weighted by atomic mass is 10.1. The first-order chi connectivity index (χ1) is 11.1. The molecule has 0 unspecified atom stereocenters. The van der Waals surface area contributed by atoms with Gasteiger partial charge in [-0.15, -0.1) is 0 Å². The van der Waals surface area contributed by atoms with Crippen LogP contribution in [0.25, 0.3) is 11.4 Å².